The van der Waals surface area contributed by atoms with Gasteiger partial charge in [-0.15, -0.1) is 0 Å². The Kier molecular flexibility index (Phi) is 5.56. The number of aromatic nitrogens is 2. The van der Waals surface area contributed by atoms with Crippen LogP contribution in [0.25, 0.3) is 10.9 Å². The predicted octanol–water partition coefficient (Wildman–Crippen LogP) is 2.66. The molecular weight excluding hydrogens is 438 g/mol. The number of nitriles is 1. The maximum atomic E-state index is 13.1. The average molecular weight is 462 g/mol. The maximum Gasteiger partial charge on any atom is 0.263 e. The second kappa shape index (κ2) is 8.54. The monoisotopic (exact) mass is 461 g/mol. The van der Waals surface area contributed by atoms with Crippen LogP contribution < -0.4 is 20.3 Å². The van der Waals surface area contributed by atoms with Crippen molar-refractivity contribution in [1.29, 1.82) is 5.26 Å². The number of carbonyl (C=O) groups is 1. The minimum Gasteiger partial charge on any atom is -0.471 e. The van der Waals surface area contributed by atoms with E-state index in [1.807, 2.05) is 0 Å². The molecule has 2 aliphatic rings. The minimum absolute atomic E-state index is 0.0346. The highest BCUT2D eigenvalue weighted by Crippen LogP contribution is 2.53. The first kappa shape index (κ1) is 21.5. The molecule has 1 saturated carbocycles. The number of fused-ring (bicyclic) bond motifs is 1. The number of nitrogens with zero attached hydrogens (tertiary/aromatic N) is 3. The molecule has 33 heavy (non-hydrogen) atoms. The van der Waals surface area contributed by atoms with Crippen LogP contribution in [0.3, 0.4) is 0 Å². The van der Waals surface area contributed by atoms with E-state index in [2.05, 4.69) is 21.1 Å². The van der Waals surface area contributed by atoms with Crippen LogP contribution in [0.5, 0.6) is 5.88 Å². The molecular formula is C24H23N5O3S. The minimum atomic E-state index is -0.451. The molecule has 8 nitrogen and oxygen atoms in total. The van der Waals surface area contributed by atoms with Crippen LogP contribution in [0, 0.1) is 11.3 Å². The Morgan fingerprint density at radius 2 is 2.15 bits per heavy atom. The van der Waals surface area contributed by atoms with Gasteiger partial charge < -0.3 is 14.6 Å². The summed E-state index contributed by atoms with van der Waals surface area (Å²) in [6.07, 6.45) is 4.77. The summed E-state index contributed by atoms with van der Waals surface area (Å²) in [7, 11) is 1.64. The van der Waals surface area contributed by atoms with E-state index >= 15 is 0 Å². The Morgan fingerprint density at radius 3 is 2.88 bits per heavy atom. The third-order valence-electron chi connectivity index (χ3n) is 6.24. The second-order valence-electron chi connectivity index (χ2n) is 8.42. The average Bonchev–Trinajstić information content (AvgIpc) is 3.61. The van der Waals surface area contributed by atoms with Crippen LogP contribution in [0.1, 0.15) is 40.7 Å². The topological polar surface area (TPSA) is 109 Å². The number of pyridine rings is 2. The number of amides is 1. The first-order valence-electron chi connectivity index (χ1n) is 10.8. The lowest BCUT2D eigenvalue weighted by Crippen LogP contribution is -2.40. The number of nitrogens with one attached hydrogen (secondary N) is 2. The lowest BCUT2D eigenvalue weighted by molar-refractivity contribution is 0.0949. The van der Waals surface area contributed by atoms with E-state index in [1.165, 1.54) is 4.57 Å². The number of benzene rings is 1. The fourth-order valence-electron chi connectivity index (χ4n) is 4.19. The van der Waals surface area contributed by atoms with Crippen LogP contribution in [0.15, 0.2) is 47.4 Å². The zero-order chi connectivity index (χ0) is 23.0. The number of aryl methyl sites for hydroxylation is 1. The van der Waals surface area contributed by atoms with Crippen LogP contribution in [0.4, 0.5) is 0 Å². The molecule has 1 aliphatic heterocycles. The molecule has 3 heterocycles. The summed E-state index contributed by atoms with van der Waals surface area (Å²) < 4.78 is 11.3. The molecule has 168 valence electrons. The molecule has 2 aromatic heterocycles. The zero-order valence-corrected chi connectivity index (χ0v) is 18.9. The highest BCUT2D eigenvalue weighted by molar-refractivity contribution is 7.99. The van der Waals surface area contributed by atoms with E-state index in [9.17, 15) is 9.59 Å². The molecule has 0 unspecified atom stereocenters. The van der Waals surface area contributed by atoms with Gasteiger partial charge in [-0.2, -0.15) is 5.26 Å². The van der Waals surface area contributed by atoms with Gasteiger partial charge in [0.25, 0.3) is 11.5 Å². The van der Waals surface area contributed by atoms with Gasteiger partial charge in [0, 0.05) is 31.7 Å². The van der Waals surface area contributed by atoms with Crippen LogP contribution >= 0.6 is 11.9 Å². The molecule has 2 fully saturated rings. The first-order valence-corrected chi connectivity index (χ1v) is 11.7. The van der Waals surface area contributed by atoms with Gasteiger partial charge in [-0.05, 0) is 49.1 Å². The number of hydrogen-bond acceptors (Lipinski definition) is 7. The lowest BCUT2D eigenvalue weighted by atomic mass is 10.1. The Bertz CT molecular complexity index is 1320. The van der Waals surface area contributed by atoms with E-state index in [0.717, 1.165) is 36.8 Å². The van der Waals surface area contributed by atoms with Gasteiger partial charge in [0.15, 0.2) is 0 Å². The molecule has 0 radical (unpaired) electrons. The van der Waals surface area contributed by atoms with E-state index in [0.29, 0.717) is 17.0 Å². The lowest BCUT2D eigenvalue weighted by Gasteiger charge is -2.31. The fourth-order valence-corrected chi connectivity index (χ4v) is 5.30. The summed E-state index contributed by atoms with van der Waals surface area (Å²) in [5, 5.41) is 12.4. The summed E-state index contributed by atoms with van der Waals surface area (Å²) in [5.41, 5.74) is 1.64. The zero-order valence-electron chi connectivity index (χ0n) is 18.1. The van der Waals surface area contributed by atoms with Crippen molar-refractivity contribution in [2.75, 3.05) is 6.54 Å². The third kappa shape index (κ3) is 4.08. The largest absolute Gasteiger partial charge is 0.471 e. The van der Waals surface area contributed by atoms with Gasteiger partial charge in [0.2, 0.25) is 5.88 Å². The van der Waals surface area contributed by atoms with Gasteiger partial charge in [0.05, 0.1) is 16.4 Å². The molecule has 1 amide bonds. The molecule has 3 aromatic rings. The summed E-state index contributed by atoms with van der Waals surface area (Å²) in [4.78, 5) is 30.3. The highest BCUT2D eigenvalue weighted by Gasteiger charge is 2.53. The predicted molar refractivity (Wildman–Crippen MR) is 126 cm³/mol. The standard InChI is InChI=1S/C24H23N5O3S/c1-29-20-17(6-10-26-22(20)32-19-7-11-28-33-24(19)8-9-24)12-18(23(29)31)21(30)27-14-16-4-2-15(13-25)3-5-16/h2-6,10,12,19,28H,7-9,11,14H2,1H3,(H,27,30)/t19-/m1/s1. The maximum absolute atomic E-state index is 13.1. The number of carbonyl (C=O) groups excluding carboxylic acids is 1. The molecule has 2 N–H and O–H groups in total. The number of hydrogen-bond donors (Lipinski definition) is 2. The number of ether oxygens (including phenoxy) is 1. The normalized spacial score (nSPS) is 18.6. The van der Waals surface area contributed by atoms with Crippen molar-refractivity contribution >= 4 is 28.8 Å². The smallest absolute Gasteiger partial charge is 0.263 e. The first-order chi connectivity index (χ1) is 16.0. The fraction of sp³-hybridized carbons (Fsp3) is 0.333. The molecule has 5 rings (SSSR count). The second-order valence-corrected chi connectivity index (χ2v) is 9.73. The van der Waals surface area contributed by atoms with Crippen LogP contribution in [-0.2, 0) is 13.6 Å². The molecule has 9 heteroatoms. The molecule has 1 saturated heterocycles. The van der Waals surface area contributed by atoms with E-state index < -0.39 is 11.5 Å². The van der Waals surface area contributed by atoms with Crippen molar-refractivity contribution in [3.05, 3.63) is 69.6 Å². The SMILES string of the molecule is Cn1c(=O)c(C(=O)NCc2ccc(C#N)cc2)cc2ccnc(O[C@@H]3CCNSC34CC4)c21. The van der Waals surface area contributed by atoms with Crippen molar-refractivity contribution in [3.63, 3.8) is 0 Å². The molecule has 1 aromatic carbocycles. The Morgan fingerprint density at radius 1 is 1.36 bits per heavy atom. The van der Waals surface area contributed by atoms with E-state index in [-0.39, 0.29) is 23.0 Å². The quantitative estimate of drug-likeness (QED) is 0.562. The molecule has 1 atom stereocenters. The van der Waals surface area contributed by atoms with Crippen molar-refractivity contribution in [2.45, 2.75) is 36.7 Å². The highest BCUT2D eigenvalue weighted by atomic mass is 32.2. The third-order valence-corrected chi connectivity index (χ3v) is 7.67. The van der Waals surface area contributed by atoms with Gasteiger partial charge in [-0.25, -0.2) is 4.98 Å². The van der Waals surface area contributed by atoms with E-state index in [4.69, 9.17) is 10.00 Å². The summed E-state index contributed by atoms with van der Waals surface area (Å²) in [6, 6.07) is 12.4. The molecule has 1 aliphatic carbocycles. The van der Waals surface area contributed by atoms with E-state index in [1.54, 1.807) is 61.6 Å². The summed E-state index contributed by atoms with van der Waals surface area (Å²) in [5.74, 6) is -0.0248. The van der Waals surface area contributed by atoms with Crippen LogP contribution in [0.2, 0.25) is 0 Å². The van der Waals surface area contributed by atoms with Crippen LogP contribution in [-0.4, -0.2) is 32.9 Å². The molecule has 0 bridgehead atoms. The van der Waals surface area contributed by atoms with Crippen molar-refractivity contribution in [3.8, 4) is 11.9 Å². The van der Waals surface area contributed by atoms with Gasteiger partial charge in [0.1, 0.15) is 17.2 Å². The summed E-state index contributed by atoms with van der Waals surface area (Å²) >= 11 is 1.74. The van der Waals surface area contributed by atoms with Crippen molar-refractivity contribution in [2.24, 2.45) is 7.05 Å². The van der Waals surface area contributed by atoms with Gasteiger partial charge in [-0.1, -0.05) is 24.1 Å². The van der Waals surface area contributed by atoms with Crippen molar-refractivity contribution in [1.82, 2.24) is 19.6 Å². The Labute approximate surface area is 195 Å². The molecule has 1 spiro atoms. The Balaban J connectivity index is 1.40. The van der Waals surface area contributed by atoms with Crippen molar-refractivity contribution < 1.29 is 9.53 Å². The summed E-state index contributed by atoms with van der Waals surface area (Å²) in [6.45, 7) is 1.12. The number of rotatable bonds is 5. The Hall–Kier alpha value is -3.35. The van der Waals surface area contributed by atoms with Gasteiger partial charge >= 0.3 is 0 Å². The van der Waals surface area contributed by atoms with Gasteiger partial charge in [-0.3, -0.25) is 14.3 Å².